The van der Waals surface area contributed by atoms with Gasteiger partial charge < -0.3 is 19.9 Å². The summed E-state index contributed by atoms with van der Waals surface area (Å²) in [5, 5.41) is 13.7. The topological polar surface area (TPSA) is 50.7 Å². The van der Waals surface area contributed by atoms with Crippen molar-refractivity contribution < 1.29 is 14.6 Å². The number of rotatable bonds is 5. The van der Waals surface area contributed by atoms with Crippen molar-refractivity contribution in [2.24, 2.45) is 0 Å². The van der Waals surface area contributed by atoms with Crippen molar-refractivity contribution >= 4 is 31.9 Å². The fourth-order valence-electron chi connectivity index (χ4n) is 2.28. The second kappa shape index (κ2) is 7.22. The van der Waals surface area contributed by atoms with E-state index in [0.29, 0.717) is 39.1 Å². The number of ether oxygens (including phenoxy) is 2. The number of hydrogen-bond acceptors (Lipinski definition) is 4. The molecule has 6 heteroatoms. The number of aliphatic hydroxyl groups is 1. The van der Waals surface area contributed by atoms with E-state index >= 15 is 0 Å². The highest BCUT2D eigenvalue weighted by atomic mass is 79.9. The highest BCUT2D eigenvalue weighted by molar-refractivity contribution is 9.11. The normalized spacial score (nSPS) is 18.0. The highest BCUT2D eigenvalue weighted by Gasteiger charge is 2.29. The van der Waals surface area contributed by atoms with Crippen LogP contribution in [0.25, 0.3) is 0 Å². The van der Waals surface area contributed by atoms with Crippen LogP contribution in [0.2, 0.25) is 0 Å². The Morgan fingerprint density at radius 2 is 1.90 bits per heavy atom. The van der Waals surface area contributed by atoms with Crippen LogP contribution in [0.4, 0.5) is 0 Å². The lowest BCUT2D eigenvalue weighted by atomic mass is 9.94. The van der Waals surface area contributed by atoms with Gasteiger partial charge in [0.25, 0.3) is 0 Å². The molecule has 0 amide bonds. The largest absolute Gasteiger partial charge is 0.494 e. The average molecular weight is 409 g/mol. The van der Waals surface area contributed by atoms with E-state index in [-0.39, 0.29) is 0 Å². The summed E-state index contributed by atoms with van der Waals surface area (Å²) in [6, 6.07) is 4.04. The first-order valence-corrected chi connectivity index (χ1v) is 8.15. The van der Waals surface area contributed by atoms with Gasteiger partial charge in [0.05, 0.1) is 21.7 Å². The van der Waals surface area contributed by atoms with Crippen molar-refractivity contribution in [1.29, 1.82) is 0 Å². The van der Waals surface area contributed by atoms with Gasteiger partial charge in [-0.3, -0.25) is 0 Å². The summed E-state index contributed by atoms with van der Waals surface area (Å²) in [6.07, 6.45) is 1.38. The Balaban J connectivity index is 1.91. The molecule has 0 saturated carbocycles. The van der Waals surface area contributed by atoms with Crippen molar-refractivity contribution in [3.63, 3.8) is 0 Å². The summed E-state index contributed by atoms with van der Waals surface area (Å²) >= 11 is 6.98. The quantitative estimate of drug-likeness (QED) is 0.786. The van der Waals surface area contributed by atoms with Crippen molar-refractivity contribution in [3.05, 3.63) is 26.6 Å². The summed E-state index contributed by atoms with van der Waals surface area (Å²) in [4.78, 5) is 0. The lowest BCUT2D eigenvalue weighted by Gasteiger charge is -2.32. The molecule has 1 saturated heterocycles. The van der Waals surface area contributed by atoms with Gasteiger partial charge in [-0.2, -0.15) is 0 Å². The molecule has 0 bridgehead atoms. The highest BCUT2D eigenvalue weighted by Crippen LogP contribution is 2.34. The SMILES string of the molecule is COc1c(Br)cc(CNCC2(O)CCOCC2)cc1Br. The molecule has 20 heavy (non-hydrogen) atoms. The maximum atomic E-state index is 10.4. The van der Waals surface area contributed by atoms with Crippen LogP contribution < -0.4 is 10.1 Å². The minimum atomic E-state index is -0.640. The molecule has 1 aromatic carbocycles. The molecular weight excluding hydrogens is 390 g/mol. The Morgan fingerprint density at radius 1 is 1.30 bits per heavy atom. The predicted molar refractivity (Wildman–Crippen MR) is 85.1 cm³/mol. The van der Waals surface area contributed by atoms with Crippen molar-refractivity contribution in [2.75, 3.05) is 26.9 Å². The summed E-state index contributed by atoms with van der Waals surface area (Å²) in [5.41, 5.74) is 0.485. The minimum absolute atomic E-state index is 0.581. The van der Waals surface area contributed by atoms with Crippen LogP contribution in [-0.2, 0) is 11.3 Å². The van der Waals surface area contributed by atoms with Gasteiger partial charge in [0.2, 0.25) is 0 Å². The molecule has 2 rings (SSSR count). The molecule has 0 atom stereocenters. The van der Waals surface area contributed by atoms with Gasteiger partial charge in [-0.25, -0.2) is 0 Å². The maximum absolute atomic E-state index is 10.4. The average Bonchev–Trinajstić information content (AvgIpc) is 2.39. The zero-order valence-corrected chi connectivity index (χ0v) is 14.6. The number of methoxy groups -OCH3 is 1. The van der Waals surface area contributed by atoms with Crippen molar-refractivity contribution in [2.45, 2.75) is 25.0 Å². The van der Waals surface area contributed by atoms with Gasteiger partial charge in [0.1, 0.15) is 5.75 Å². The fourth-order valence-corrected chi connectivity index (χ4v) is 3.88. The summed E-state index contributed by atoms with van der Waals surface area (Å²) in [5.74, 6) is 0.789. The number of benzene rings is 1. The Bertz CT molecular complexity index is 439. The molecule has 1 fully saturated rings. The molecule has 1 aliphatic rings. The summed E-state index contributed by atoms with van der Waals surface area (Å²) < 4.78 is 12.4. The second-order valence-electron chi connectivity index (χ2n) is 5.03. The van der Waals surface area contributed by atoms with E-state index in [1.165, 1.54) is 0 Å². The zero-order chi connectivity index (χ0) is 14.6. The molecule has 112 valence electrons. The first-order chi connectivity index (χ1) is 9.54. The third-order valence-electron chi connectivity index (χ3n) is 3.47. The molecule has 4 nitrogen and oxygen atoms in total. The summed E-state index contributed by atoms with van der Waals surface area (Å²) in [7, 11) is 1.64. The molecule has 2 N–H and O–H groups in total. The molecular formula is C14H19Br2NO3. The molecule has 0 radical (unpaired) electrons. The Hall–Kier alpha value is -0.140. The van der Waals surface area contributed by atoms with E-state index < -0.39 is 5.60 Å². The van der Waals surface area contributed by atoms with E-state index in [1.807, 2.05) is 12.1 Å². The standard InChI is InChI=1S/C14H19Br2NO3/c1-19-13-11(15)6-10(7-12(13)16)8-17-9-14(18)2-4-20-5-3-14/h6-7,17-18H,2-5,8-9H2,1H3. The fraction of sp³-hybridized carbons (Fsp3) is 0.571. The Labute approximate surface area is 136 Å². The first kappa shape index (κ1) is 16.2. The van der Waals surface area contributed by atoms with E-state index in [2.05, 4.69) is 37.2 Å². The van der Waals surface area contributed by atoms with E-state index in [0.717, 1.165) is 20.3 Å². The van der Waals surface area contributed by atoms with Crippen LogP contribution in [0, 0.1) is 0 Å². The van der Waals surface area contributed by atoms with Gasteiger partial charge in [0.15, 0.2) is 0 Å². The lowest BCUT2D eigenvalue weighted by molar-refractivity contribution is -0.0617. The van der Waals surface area contributed by atoms with Crippen molar-refractivity contribution in [3.8, 4) is 5.75 Å². The maximum Gasteiger partial charge on any atom is 0.147 e. The van der Waals surface area contributed by atoms with Gasteiger partial charge in [-0.15, -0.1) is 0 Å². The molecule has 1 aromatic rings. The Morgan fingerprint density at radius 3 is 2.45 bits per heavy atom. The molecule has 0 aromatic heterocycles. The van der Waals surface area contributed by atoms with Crippen LogP contribution in [-0.4, -0.2) is 37.6 Å². The third-order valence-corrected chi connectivity index (χ3v) is 4.65. The zero-order valence-electron chi connectivity index (χ0n) is 11.4. The number of nitrogens with one attached hydrogen (secondary N) is 1. The van der Waals surface area contributed by atoms with E-state index in [4.69, 9.17) is 9.47 Å². The molecule has 0 unspecified atom stereocenters. The van der Waals surface area contributed by atoms with Gasteiger partial charge >= 0.3 is 0 Å². The van der Waals surface area contributed by atoms with Gasteiger partial charge in [0, 0.05) is 39.1 Å². The second-order valence-corrected chi connectivity index (χ2v) is 6.74. The Kier molecular flexibility index (Phi) is 5.86. The first-order valence-electron chi connectivity index (χ1n) is 6.57. The van der Waals surface area contributed by atoms with Crippen LogP contribution in [0.3, 0.4) is 0 Å². The van der Waals surface area contributed by atoms with E-state index in [1.54, 1.807) is 7.11 Å². The van der Waals surface area contributed by atoms with Gasteiger partial charge in [-0.05, 0) is 49.6 Å². The smallest absolute Gasteiger partial charge is 0.147 e. The number of halogens is 2. The van der Waals surface area contributed by atoms with Crippen LogP contribution >= 0.6 is 31.9 Å². The molecule has 1 heterocycles. The molecule has 0 aliphatic carbocycles. The monoisotopic (exact) mass is 407 g/mol. The predicted octanol–water partition coefficient (Wildman–Crippen LogP) is 2.85. The van der Waals surface area contributed by atoms with Crippen LogP contribution in [0.1, 0.15) is 18.4 Å². The number of hydrogen-bond donors (Lipinski definition) is 2. The van der Waals surface area contributed by atoms with Crippen LogP contribution in [0.15, 0.2) is 21.1 Å². The third kappa shape index (κ3) is 4.18. The van der Waals surface area contributed by atoms with E-state index in [9.17, 15) is 5.11 Å². The van der Waals surface area contributed by atoms with Crippen LogP contribution in [0.5, 0.6) is 5.75 Å². The van der Waals surface area contributed by atoms with Gasteiger partial charge in [-0.1, -0.05) is 0 Å². The summed E-state index contributed by atoms with van der Waals surface area (Å²) in [6.45, 7) is 2.55. The molecule has 1 aliphatic heterocycles. The lowest BCUT2D eigenvalue weighted by Crippen LogP contribution is -2.44. The minimum Gasteiger partial charge on any atom is -0.494 e. The molecule has 0 spiro atoms. The van der Waals surface area contributed by atoms with Crippen molar-refractivity contribution in [1.82, 2.24) is 5.32 Å².